The number of benzene rings is 2. The van der Waals surface area contributed by atoms with Crippen molar-refractivity contribution in [3.05, 3.63) is 60.6 Å². The minimum Gasteiger partial charge on any atom is -0.353 e. The van der Waals surface area contributed by atoms with Crippen molar-refractivity contribution in [3.63, 3.8) is 0 Å². The molecular formula is C21H22N4O2. The molecule has 1 heterocycles. The van der Waals surface area contributed by atoms with Crippen LogP contribution in [-0.2, 0) is 16.0 Å². The standard InChI is InChI=1S/C21H22N4O2/c1-14(26)23-18-10-19(11-18)25-12-20(22-13-25)24-21(27)9-15-6-7-16-4-2-3-5-17(16)8-15/h2-8,12-13,18-19H,9-11H2,1H3,(H,23,26)(H,24,27). The highest BCUT2D eigenvalue weighted by Crippen LogP contribution is 2.32. The number of nitrogens with one attached hydrogen (secondary N) is 2. The fourth-order valence-corrected chi connectivity index (χ4v) is 3.56. The highest BCUT2D eigenvalue weighted by Gasteiger charge is 2.30. The molecule has 3 aromatic rings. The highest BCUT2D eigenvalue weighted by molar-refractivity contribution is 5.92. The number of aromatic nitrogens is 2. The van der Waals surface area contributed by atoms with Gasteiger partial charge in [-0.2, -0.15) is 0 Å². The van der Waals surface area contributed by atoms with Gasteiger partial charge in [0.1, 0.15) is 0 Å². The van der Waals surface area contributed by atoms with Gasteiger partial charge in [-0.3, -0.25) is 9.59 Å². The fourth-order valence-electron chi connectivity index (χ4n) is 3.56. The van der Waals surface area contributed by atoms with Gasteiger partial charge in [0.2, 0.25) is 11.8 Å². The number of imidazole rings is 1. The molecule has 1 aromatic heterocycles. The maximum atomic E-state index is 12.3. The zero-order chi connectivity index (χ0) is 18.8. The number of rotatable bonds is 5. The van der Waals surface area contributed by atoms with Crippen molar-refractivity contribution in [2.75, 3.05) is 5.32 Å². The van der Waals surface area contributed by atoms with Crippen LogP contribution in [0.25, 0.3) is 10.8 Å². The maximum Gasteiger partial charge on any atom is 0.229 e. The number of hydrogen-bond donors (Lipinski definition) is 2. The lowest BCUT2D eigenvalue weighted by atomic mass is 9.86. The van der Waals surface area contributed by atoms with Crippen LogP contribution in [0.3, 0.4) is 0 Å². The molecule has 1 saturated carbocycles. The van der Waals surface area contributed by atoms with Gasteiger partial charge in [0, 0.05) is 25.2 Å². The largest absolute Gasteiger partial charge is 0.353 e. The summed E-state index contributed by atoms with van der Waals surface area (Å²) in [5.74, 6) is 0.481. The Morgan fingerprint density at radius 2 is 1.93 bits per heavy atom. The Kier molecular flexibility index (Phi) is 4.62. The van der Waals surface area contributed by atoms with E-state index >= 15 is 0 Å². The zero-order valence-electron chi connectivity index (χ0n) is 15.2. The van der Waals surface area contributed by atoms with Gasteiger partial charge in [0.25, 0.3) is 0 Å². The topological polar surface area (TPSA) is 76.0 Å². The van der Waals surface area contributed by atoms with E-state index in [1.807, 2.05) is 47.2 Å². The summed E-state index contributed by atoms with van der Waals surface area (Å²) in [6.45, 7) is 1.54. The predicted octanol–water partition coefficient (Wildman–Crippen LogP) is 3.06. The van der Waals surface area contributed by atoms with E-state index in [1.54, 1.807) is 6.33 Å². The van der Waals surface area contributed by atoms with E-state index < -0.39 is 0 Å². The first-order valence-electron chi connectivity index (χ1n) is 9.15. The van der Waals surface area contributed by atoms with Crippen LogP contribution >= 0.6 is 0 Å². The van der Waals surface area contributed by atoms with Crippen molar-refractivity contribution in [3.8, 4) is 0 Å². The summed E-state index contributed by atoms with van der Waals surface area (Å²) in [4.78, 5) is 27.7. The van der Waals surface area contributed by atoms with Gasteiger partial charge in [-0.05, 0) is 29.2 Å². The van der Waals surface area contributed by atoms with Crippen molar-refractivity contribution < 1.29 is 9.59 Å². The van der Waals surface area contributed by atoms with Crippen LogP contribution in [0.15, 0.2) is 55.0 Å². The van der Waals surface area contributed by atoms with Crippen molar-refractivity contribution in [2.24, 2.45) is 0 Å². The molecule has 138 valence electrons. The minimum atomic E-state index is -0.0831. The Labute approximate surface area is 157 Å². The molecule has 0 radical (unpaired) electrons. The zero-order valence-corrected chi connectivity index (χ0v) is 15.2. The lowest BCUT2D eigenvalue weighted by Crippen LogP contribution is -2.43. The summed E-state index contributed by atoms with van der Waals surface area (Å²) in [7, 11) is 0. The predicted molar refractivity (Wildman–Crippen MR) is 104 cm³/mol. The maximum absolute atomic E-state index is 12.3. The average molecular weight is 362 g/mol. The van der Waals surface area contributed by atoms with Crippen LogP contribution in [-0.4, -0.2) is 27.4 Å². The molecule has 27 heavy (non-hydrogen) atoms. The first-order chi connectivity index (χ1) is 13.1. The third kappa shape index (κ3) is 4.00. The Hall–Kier alpha value is -3.15. The van der Waals surface area contributed by atoms with Crippen LogP contribution in [0.5, 0.6) is 0 Å². The summed E-state index contributed by atoms with van der Waals surface area (Å²) in [6.07, 6.45) is 5.68. The minimum absolute atomic E-state index is 0.00530. The molecule has 6 nitrogen and oxygen atoms in total. The number of anilines is 1. The van der Waals surface area contributed by atoms with E-state index in [-0.39, 0.29) is 17.9 Å². The molecule has 2 amide bonds. The van der Waals surface area contributed by atoms with Crippen LogP contribution in [0.2, 0.25) is 0 Å². The second kappa shape index (κ2) is 7.23. The molecule has 0 saturated heterocycles. The summed E-state index contributed by atoms with van der Waals surface area (Å²) in [6, 6.07) is 14.7. The van der Waals surface area contributed by atoms with Gasteiger partial charge in [-0.15, -0.1) is 0 Å². The second-order valence-corrected chi connectivity index (χ2v) is 7.14. The molecule has 0 spiro atoms. The van der Waals surface area contributed by atoms with Crippen molar-refractivity contribution in [1.29, 1.82) is 0 Å². The van der Waals surface area contributed by atoms with Gasteiger partial charge in [-0.25, -0.2) is 4.98 Å². The van der Waals surface area contributed by atoms with Crippen LogP contribution < -0.4 is 10.6 Å². The Bertz CT molecular complexity index is 989. The molecule has 0 bridgehead atoms. The third-order valence-electron chi connectivity index (χ3n) is 4.99. The van der Waals surface area contributed by atoms with Crippen LogP contribution in [0, 0.1) is 0 Å². The molecule has 1 aliphatic rings. The second-order valence-electron chi connectivity index (χ2n) is 7.14. The number of fused-ring (bicyclic) bond motifs is 1. The summed E-state index contributed by atoms with van der Waals surface area (Å²) >= 11 is 0. The lowest BCUT2D eigenvalue weighted by Gasteiger charge is -2.36. The molecule has 0 unspecified atom stereocenters. The lowest BCUT2D eigenvalue weighted by molar-refractivity contribution is -0.120. The third-order valence-corrected chi connectivity index (χ3v) is 4.99. The number of amides is 2. The number of hydrogen-bond acceptors (Lipinski definition) is 3. The molecule has 2 N–H and O–H groups in total. The van der Waals surface area contributed by atoms with Gasteiger partial charge in [0.15, 0.2) is 5.82 Å². The van der Waals surface area contributed by atoms with Gasteiger partial charge < -0.3 is 15.2 Å². The first kappa shape index (κ1) is 17.3. The fraction of sp³-hybridized carbons (Fsp3) is 0.286. The van der Waals surface area contributed by atoms with Crippen molar-refractivity contribution >= 4 is 28.4 Å². The van der Waals surface area contributed by atoms with E-state index in [9.17, 15) is 9.59 Å². The molecule has 1 fully saturated rings. The van der Waals surface area contributed by atoms with Crippen LogP contribution in [0.4, 0.5) is 5.82 Å². The molecule has 0 aliphatic heterocycles. The van der Waals surface area contributed by atoms with E-state index in [0.29, 0.717) is 18.3 Å². The van der Waals surface area contributed by atoms with Gasteiger partial charge in [-0.1, -0.05) is 42.5 Å². The van der Waals surface area contributed by atoms with E-state index in [2.05, 4.69) is 21.7 Å². The smallest absolute Gasteiger partial charge is 0.229 e. The number of nitrogens with zero attached hydrogens (tertiary/aromatic N) is 2. The molecule has 0 atom stereocenters. The molecule has 2 aromatic carbocycles. The number of carbonyl (C=O) groups is 2. The van der Waals surface area contributed by atoms with Crippen molar-refractivity contribution in [2.45, 2.75) is 38.3 Å². The van der Waals surface area contributed by atoms with E-state index in [0.717, 1.165) is 23.8 Å². The van der Waals surface area contributed by atoms with E-state index in [1.165, 1.54) is 12.3 Å². The molecule has 1 aliphatic carbocycles. The molecule has 6 heteroatoms. The Balaban J connectivity index is 1.33. The van der Waals surface area contributed by atoms with Crippen LogP contribution in [0.1, 0.15) is 31.4 Å². The highest BCUT2D eigenvalue weighted by atomic mass is 16.2. The normalized spacial score (nSPS) is 18.7. The summed E-state index contributed by atoms with van der Waals surface area (Å²) in [5.41, 5.74) is 0.975. The first-order valence-corrected chi connectivity index (χ1v) is 9.15. The molecular weight excluding hydrogens is 340 g/mol. The van der Waals surface area contributed by atoms with E-state index in [4.69, 9.17) is 0 Å². The summed E-state index contributed by atoms with van der Waals surface area (Å²) < 4.78 is 2.00. The Morgan fingerprint density at radius 1 is 1.15 bits per heavy atom. The Morgan fingerprint density at radius 3 is 2.70 bits per heavy atom. The van der Waals surface area contributed by atoms with Gasteiger partial charge >= 0.3 is 0 Å². The monoisotopic (exact) mass is 362 g/mol. The average Bonchev–Trinajstić information content (AvgIpc) is 3.05. The summed E-state index contributed by atoms with van der Waals surface area (Å²) in [5, 5.41) is 8.08. The SMILES string of the molecule is CC(=O)NC1CC(n2cnc(NC(=O)Cc3ccc4ccccc4c3)c2)C1. The number of carbonyl (C=O) groups excluding carboxylic acids is 2. The quantitative estimate of drug-likeness (QED) is 0.732. The van der Waals surface area contributed by atoms with Crippen molar-refractivity contribution in [1.82, 2.24) is 14.9 Å². The molecule has 4 rings (SSSR count). The van der Waals surface area contributed by atoms with Gasteiger partial charge in [0.05, 0.1) is 12.7 Å².